The van der Waals surface area contributed by atoms with Crippen molar-refractivity contribution in [2.24, 2.45) is 11.8 Å². The van der Waals surface area contributed by atoms with E-state index in [1.807, 2.05) is 0 Å². The smallest absolute Gasteiger partial charge is 0.462 e. The van der Waals surface area contributed by atoms with Gasteiger partial charge >= 0.3 is 39.5 Å². The molecule has 19 heteroatoms. The number of phosphoric acid groups is 2. The van der Waals surface area contributed by atoms with Gasteiger partial charge in [-0.05, 0) is 37.5 Å². The number of unbranched alkanes of at least 4 members (excludes halogenated alkanes) is 36. The lowest BCUT2D eigenvalue weighted by molar-refractivity contribution is -0.161. The summed E-state index contributed by atoms with van der Waals surface area (Å²) in [4.78, 5) is 72.2. The van der Waals surface area contributed by atoms with E-state index in [1.54, 1.807) is 0 Å². The maximum absolute atomic E-state index is 13.0. The van der Waals surface area contributed by atoms with Crippen molar-refractivity contribution < 1.29 is 80.2 Å². The van der Waals surface area contributed by atoms with E-state index in [9.17, 15) is 43.2 Å². The molecule has 3 N–H and O–H groups in total. The predicted molar refractivity (Wildman–Crippen MR) is 345 cm³/mol. The van der Waals surface area contributed by atoms with Crippen molar-refractivity contribution in [3.8, 4) is 0 Å². The Labute approximate surface area is 524 Å². The van der Waals surface area contributed by atoms with E-state index in [1.165, 1.54) is 148 Å². The van der Waals surface area contributed by atoms with Crippen molar-refractivity contribution in [1.29, 1.82) is 0 Å². The molecule has 0 spiro atoms. The number of esters is 4. The zero-order valence-electron chi connectivity index (χ0n) is 55.6. The first-order chi connectivity index (χ1) is 41.4. The molecule has 0 aromatic carbocycles. The first kappa shape index (κ1) is 84.1. The zero-order valence-corrected chi connectivity index (χ0v) is 57.4. The summed E-state index contributed by atoms with van der Waals surface area (Å²) in [5.74, 6) is -0.788. The number of hydrogen-bond acceptors (Lipinski definition) is 15. The van der Waals surface area contributed by atoms with Crippen LogP contribution in [0.3, 0.4) is 0 Å². The van der Waals surface area contributed by atoms with Gasteiger partial charge in [-0.3, -0.25) is 37.3 Å². The molecule has 0 aliphatic rings. The van der Waals surface area contributed by atoms with Gasteiger partial charge in [0.05, 0.1) is 26.4 Å². The van der Waals surface area contributed by atoms with Gasteiger partial charge in [-0.1, -0.05) is 286 Å². The minimum Gasteiger partial charge on any atom is -0.462 e. The summed E-state index contributed by atoms with van der Waals surface area (Å²) in [6.45, 7) is 9.33. The lowest BCUT2D eigenvalue weighted by atomic mass is 10.0. The molecule has 510 valence electrons. The summed E-state index contributed by atoms with van der Waals surface area (Å²) in [5.41, 5.74) is 0. The Morgan fingerprint density at radius 2 is 0.535 bits per heavy atom. The maximum atomic E-state index is 13.0. The molecule has 0 radical (unpaired) electrons. The molecule has 0 aliphatic heterocycles. The van der Waals surface area contributed by atoms with E-state index >= 15 is 0 Å². The fraction of sp³-hybridized carbons (Fsp3) is 0.940. The normalized spacial score (nSPS) is 14.2. The van der Waals surface area contributed by atoms with Gasteiger partial charge in [0.25, 0.3) is 0 Å². The van der Waals surface area contributed by atoms with Gasteiger partial charge in [-0.15, -0.1) is 0 Å². The molecule has 0 amide bonds. The third kappa shape index (κ3) is 60.9. The van der Waals surface area contributed by atoms with Crippen LogP contribution in [0.5, 0.6) is 0 Å². The van der Waals surface area contributed by atoms with Gasteiger partial charge in [-0.25, -0.2) is 9.13 Å². The van der Waals surface area contributed by atoms with Crippen LogP contribution < -0.4 is 0 Å². The average molecular weight is 1270 g/mol. The van der Waals surface area contributed by atoms with Crippen LogP contribution >= 0.6 is 15.6 Å². The van der Waals surface area contributed by atoms with Crippen molar-refractivity contribution in [3.63, 3.8) is 0 Å². The Balaban J connectivity index is 5.15. The van der Waals surface area contributed by atoms with E-state index < -0.39 is 97.5 Å². The highest BCUT2D eigenvalue weighted by molar-refractivity contribution is 7.47. The van der Waals surface area contributed by atoms with Crippen LogP contribution in [0.15, 0.2) is 0 Å². The minimum absolute atomic E-state index is 0.102. The molecular weight excluding hydrogens is 1140 g/mol. The summed E-state index contributed by atoms with van der Waals surface area (Å²) in [6, 6.07) is 0. The quantitative estimate of drug-likeness (QED) is 0.0222. The second-order valence-electron chi connectivity index (χ2n) is 25.2. The second kappa shape index (κ2) is 59.4. The summed E-state index contributed by atoms with van der Waals surface area (Å²) in [6.07, 6.45) is 43.5. The van der Waals surface area contributed by atoms with E-state index in [0.717, 1.165) is 96.3 Å². The molecule has 0 heterocycles. The molecule has 0 aromatic heterocycles. The second-order valence-corrected chi connectivity index (χ2v) is 28.1. The number of carbonyl (C=O) groups excluding carboxylic acids is 4. The number of aliphatic hydroxyl groups is 1. The highest BCUT2D eigenvalue weighted by atomic mass is 31.2. The van der Waals surface area contributed by atoms with Crippen LogP contribution in [-0.2, 0) is 65.4 Å². The average Bonchev–Trinajstić information content (AvgIpc) is 3.69. The van der Waals surface area contributed by atoms with Crippen LogP contribution in [-0.4, -0.2) is 96.7 Å². The molecule has 17 nitrogen and oxygen atoms in total. The first-order valence-electron chi connectivity index (χ1n) is 35.0. The van der Waals surface area contributed by atoms with Gasteiger partial charge in [0.1, 0.15) is 19.3 Å². The summed E-state index contributed by atoms with van der Waals surface area (Å²) < 4.78 is 68.0. The topological polar surface area (TPSA) is 237 Å². The van der Waals surface area contributed by atoms with Crippen molar-refractivity contribution in [1.82, 2.24) is 0 Å². The molecule has 0 aromatic rings. The van der Waals surface area contributed by atoms with Crippen LogP contribution in [0.25, 0.3) is 0 Å². The van der Waals surface area contributed by atoms with Crippen molar-refractivity contribution in [2.75, 3.05) is 39.6 Å². The molecule has 0 aliphatic carbocycles. The fourth-order valence-corrected chi connectivity index (χ4v) is 11.6. The van der Waals surface area contributed by atoms with Crippen LogP contribution in [0.4, 0.5) is 0 Å². The van der Waals surface area contributed by atoms with Crippen molar-refractivity contribution in [3.05, 3.63) is 0 Å². The Morgan fingerprint density at radius 1 is 0.314 bits per heavy atom. The van der Waals surface area contributed by atoms with Crippen LogP contribution in [0, 0.1) is 11.8 Å². The Hall–Kier alpha value is -1.94. The largest absolute Gasteiger partial charge is 0.472 e. The Bertz CT molecular complexity index is 1680. The summed E-state index contributed by atoms with van der Waals surface area (Å²) in [7, 11) is -9.89. The van der Waals surface area contributed by atoms with E-state index in [2.05, 4.69) is 41.5 Å². The number of carbonyl (C=O) groups is 4. The van der Waals surface area contributed by atoms with E-state index in [4.69, 9.17) is 37.0 Å². The van der Waals surface area contributed by atoms with Crippen molar-refractivity contribution >= 4 is 39.5 Å². The molecule has 0 rings (SSSR count). The highest BCUT2D eigenvalue weighted by Gasteiger charge is 2.30. The monoisotopic (exact) mass is 1270 g/mol. The molecule has 0 saturated carbocycles. The number of ether oxygens (including phenoxy) is 4. The Morgan fingerprint density at radius 3 is 0.791 bits per heavy atom. The lowest BCUT2D eigenvalue weighted by Crippen LogP contribution is -2.30. The molecule has 5 atom stereocenters. The van der Waals surface area contributed by atoms with Gasteiger partial charge < -0.3 is 33.8 Å². The summed E-state index contributed by atoms with van der Waals surface area (Å²) >= 11 is 0. The number of rotatable bonds is 66. The molecule has 0 saturated heterocycles. The SMILES string of the molecule is CCCCCCCCCCCCCCCCCCCCCC(=O)O[C@H](COC(=O)CCCCCCCCC(C)C)COP(=O)(O)OC[C@@H](O)COP(=O)(O)OC[C@@H](COC(=O)CCCCCCCCCCC)OC(=O)CCCCCCCCC(C)C. The number of phosphoric ester groups is 2. The van der Waals surface area contributed by atoms with E-state index in [0.29, 0.717) is 37.5 Å². The third-order valence-corrected chi connectivity index (χ3v) is 17.4. The zero-order chi connectivity index (χ0) is 63.6. The highest BCUT2D eigenvalue weighted by Crippen LogP contribution is 2.45. The first-order valence-corrected chi connectivity index (χ1v) is 38.0. The van der Waals surface area contributed by atoms with Gasteiger partial charge in [0, 0.05) is 25.7 Å². The van der Waals surface area contributed by atoms with Crippen LogP contribution in [0.1, 0.15) is 337 Å². The molecule has 0 bridgehead atoms. The number of hydrogen-bond donors (Lipinski definition) is 3. The van der Waals surface area contributed by atoms with Crippen molar-refractivity contribution in [2.45, 2.75) is 355 Å². The number of aliphatic hydroxyl groups excluding tert-OH is 1. The van der Waals surface area contributed by atoms with Crippen LogP contribution in [0.2, 0.25) is 0 Å². The molecule has 0 fully saturated rings. The predicted octanol–water partition coefficient (Wildman–Crippen LogP) is 18.8. The van der Waals surface area contributed by atoms with Gasteiger partial charge in [0.2, 0.25) is 0 Å². The minimum atomic E-state index is -4.95. The Kier molecular flexibility index (Phi) is 58.0. The lowest BCUT2D eigenvalue weighted by Gasteiger charge is -2.21. The standard InChI is InChI=1S/C67H130O17P2/c1-7-9-11-13-15-17-18-19-20-21-22-23-24-25-26-28-30-39-45-51-66(71)83-62(56-78-65(70)50-44-38-33-31-35-41-47-59(3)4)57-81-85(73,74)79-53-61(68)54-80-86(75,76)82-58-63(84-67(72)52-46-40-34-32-36-42-48-60(5)6)55-77-64(69)49-43-37-29-27-16-14-12-10-8-2/h59-63,68H,7-58H2,1-6H3,(H,73,74)(H,75,76)/t61-,62-,63-/m1/s1. The molecule has 86 heavy (non-hydrogen) atoms. The molecule has 2 unspecified atom stereocenters. The molecular formula is C67H130O17P2. The van der Waals surface area contributed by atoms with Gasteiger partial charge in [-0.2, -0.15) is 0 Å². The summed E-state index contributed by atoms with van der Waals surface area (Å²) in [5, 5.41) is 10.5. The van der Waals surface area contributed by atoms with Gasteiger partial charge in [0.15, 0.2) is 12.2 Å². The third-order valence-electron chi connectivity index (χ3n) is 15.5. The fourth-order valence-electron chi connectivity index (χ4n) is 10.1. The maximum Gasteiger partial charge on any atom is 0.472 e. The van der Waals surface area contributed by atoms with E-state index in [-0.39, 0.29) is 25.7 Å².